The monoisotopic (exact) mass is 470 g/mol. The van der Waals surface area contributed by atoms with E-state index in [4.69, 9.17) is 9.47 Å². The Kier molecular flexibility index (Phi) is 6.19. The highest BCUT2D eigenvalue weighted by atomic mass is 32.1. The molecule has 2 aliphatic heterocycles. The van der Waals surface area contributed by atoms with Crippen molar-refractivity contribution in [3.05, 3.63) is 56.0 Å². The van der Waals surface area contributed by atoms with E-state index in [-0.39, 0.29) is 18.3 Å². The number of ether oxygens (including phenoxy) is 2. The van der Waals surface area contributed by atoms with Gasteiger partial charge in [-0.25, -0.2) is 4.79 Å². The van der Waals surface area contributed by atoms with E-state index in [9.17, 15) is 14.4 Å². The number of nitrogens with zero attached hydrogens (tertiary/aromatic N) is 3. The maximum Gasteiger partial charge on any atom is 0.328 e. The molecule has 0 bridgehead atoms. The Morgan fingerprint density at radius 3 is 2.70 bits per heavy atom. The van der Waals surface area contributed by atoms with E-state index in [1.807, 2.05) is 17.0 Å². The van der Waals surface area contributed by atoms with Crippen LogP contribution in [0.3, 0.4) is 0 Å². The number of H-pyrrole nitrogens is 1. The topological polar surface area (TPSA) is 96.9 Å². The second kappa shape index (κ2) is 9.40. The number of benzene rings is 1. The molecule has 174 valence electrons. The average Bonchev–Trinajstić information content (AvgIpc) is 3.48. The second-order valence-electron chi connectivity index (χ2n) is 8.35. The molecular weight excluding hydrogens is 444 g/mol. The summed E-state index contributed by atoms with van der Waals surface area (Å²) in [6, 6.07) is 7.75. The highest BCUT2D eigenvalue weighted by Crippen LogP contribution is 2.32. The van der Waals surface area contributed by atoms with Crippen LogP contribution in [0, 0.1) is 0 Å². The van der Waals surface area contributed by atoms with Crippen LogP contribution >= 0.6 is 11.3 Å². The molecule has 5 rings (SSSR count). The van der Waals surface area contributed by atoms with Gasteiger partial charge in [0.25, 0.3) is 5.56 Å². The van der Waals surface area contributed by atoms with E-state index in [1.54, 1.807) is 11.4 Å². The number of amides is 1. The molecule has 1 saturated heterocycles. The number of fused-ring (bicyclic) bond motifs is 2. The molecule has 2 aromatic heterocycles. The Morgan fingerprint density at radius 1 is 1.03 bits per heavy atom. The molecule has 10 heteroatoms. The van der Waals surface area contributed by atoms with Crippen LogP contribution in [0.4, 0.5) is 0 Å². The van der Waals surface area contributed by atoms with Gasteiger partial charge in [-0.3, -0.25) is 19.1 Å². The quantitative estimate of drug-likeness (QED) is 0.531. The summed E-state index contributed by atoms with van der Waals surface area (Å²) in [4.78, 5) is 44.2. The molecule has 0 saturated carbocycles. The molecule has 0 radical (unpaired) electrons. The number of hydrogen-bond donors (Lipinski definition) is 1. The van der Waals surface area contributed by atoms with Crippen LogP contribution in [-0.4, -0.2) is 58.2 Å². The largest absolute Gasteiger partial charge is 0.454 e. The Balaban J connectivity index is 1.06. The lowest BCUT2D eigenvalue weighted by molar-refractivity contribution is -0.133. The molecule has 0 aliphatic carbocycles. The van der Waals surface area contributed by atoms with Gasteiger partial charge in [-0.15, -0.1) is 11.3 Å². The van der Waals surface area contributed by atoms with E-state index in [1.165, 1.54) is 21.5 Å². The number of rotatable bonds is 7. The third-order valence-corrected chi connectivity index (χ3v) is 7.08. The van der Waals surface area contributed by atoms with Crippen molar-refractivity contribution in [3.8, 4) is 11.5 Å². The van der Waals surface area contributed by atoms with Crippen LogP contribution in [0.2, 0.25) is 0 Å². The lowest BCUT2D eigenvalue weighted by atomic mass is 10.1. The number of hydrogen-bond acceptors (Lipinski definition) is 7. The van der Waals surface area contributed by atoms with Gasteiger partial charge in [0.15, 0.2) is 11.5 Å². The predicted molar refractivity (Wildman–Crippen MR) is 125 cm³/mol. The normalized spacial score (nSPS) is 15.9. The minimum atomic E-state index is -0.393. The summed E-state index contributed by atoms with van der Waals surface area (Å²) in [5, 5.41) is 1.79. The molecule has 1 fully saturated rings. The fourth-order valence-corrected chi connectivity index (χ4v) is 5.13. The number of piperazine rings is 1. The standard InChI is InChI=1S/C23H26N4O5S/c28-20(3-1-2-7-27-22(29)21-17(6-12-33-21)24-23(27)30)26-10-8-25(9-11-26)14-16-4-5-18-19(13-16)32-15-31-18/h4-6,12-13H,1-3,7-11,14-15H2,(H,24,30). The van der Waals surface area contributed by atoms with Crippen molar-refractivity contribution < 1.29 is 14.3 Å². The number of carbonyl (C=O) groups excluding carboxylic acids is 1. The molecule has 1 amide bonds. The smallest absolute Gasteiger partial charge is 0.328 e. The van der Waals surface area contributed by atoms with E-state index >= 15 is 0 Å². The fourth-order valence-electron chi connectivity index (χ4n) is 4.33. The van der Waals surface area contributed by atoms with Crippen LogP contribution in [0.25, 0.3) is 10.2 Å². The summed E-state index contributed by atoms with van der Waals surface area (Å²) in [5.74, 6) is 1.71. The Labute approximate surface area is 194 Å². The number of carbonyl (C=O) groups is 1. The summed E-state index contributed by atoms with van der Waals surface area (Å²) >= 11 is 1.33. The van der Waals surface area contributed by atoms with Gasteiger partial charge in [0.2, 0.25) is 12.7 Å². The number of unbranched alkanes of at least 4 members (excludes halogenated alkanes) is 1. The summed E-state index contributed by atoms with van der Waals surface area (Å²) in [6.45, 7) is 4.47. The van der Waals surface area contributed by atoms with E-state index < -0.39 is 5.69 Å². The zero-order chi connectivity index (χ0) is 22.8. The van der Waals surface area contributed by atoms with Crippen LogP contribution in [0.1, 0.15) is 24.8 Å². The van der Waals surface area contributed by atoms with Crippen LogP contribution < -0.4 is 20.7 Å². The van der Waals surface area contributed by atoms with Crippen molar-refractivity contribution in [2.45, 2.75) is 32.4 Å². The average molecular weight is 471 g/mol. The Bertz CT molecular complexity index is 1270. The first-order valence-electron chi connectivity index (χ1n) is 11.2. The third-order valence-electron chi connectivity index (χ3n) is 6.18. The molecule has 2 aliphatic rings. The zero-order valence-electron chi connectivity index (χ0n) is 18.2. The summed E-state index contributed by atoms with van der Waals surface area (Å²) in [7, 11) is 0. The lowest BCUT2D eigenvalue weighted by Gasteiger charge is -2.34. The molecule has 1 aromatic carbocycles. The highest BCUT2D eigenvalue weighted by Gasteiger charge is 2.22. The van der Waals surface area contributed by atoms with Crippen LogP contribution in [-0.2, 0) is 17.9 Å². The van der Waals surface area contributed by atoms with Gasteiger partial charge in [0.1, 0.15) is 4.70 Å². The molecule has 0 atom stereocenters. The molecular formula is C23H26N4O5S. The Morgan fingerprint density at radius 2 is 1.85 bits per heavy atom. The second-order valence-corrected chi connectivity index (χ2v) is 9.27. The van der Waals surface area contributed by atoms with Crippen molar-refractivity contribution in [1.82, 2.24) is 19.4 Å². The van der Waals surface area contributed by atoms with Gasteiger partial charge in [-0.05, 0) is 42.0 Å². The van der Waals surface area contributed by atoms with E-state index in [0.29, 0.717) is 49.1 Å². The van der Waals surface area contributed by atoms with Gasteiger partial charge < -0.3 is 19.4 Å². The first-order valence-corrected chi connectivity index (χ1v) is 12.1. The molecule has 0 spiro atoms. The SMILES string of the molecule is O=C(CCCCn1c(=O)[nH]c2ccsc2c1=O)N1CCN(Cc2ccc3c(c2)OCO3)CC1. The zero-order valence-corrected chi connectivity index (χ0v) is 19.1. The van der Waals surface area contributed by atoms with Crippen molar-refractivity contribution in [3.63, 3.8) is 0 Å². The van der Waals surface area contributed by atoms with Gasteiger partial charge in [-0.2, -0.15) is 0 Å². The van der Waals surface area contributed by atoms with Crippen molar-refractivity contribution in [2.24, 2.45) is 0 Å². The first kappa shape index (κ1) is 21.7. The summed E-state index contributed by atoms with van der Waals surface area (Å²) < 4.78 is 12.6. The van der Waals surface area contributed by atoms with Crippen molar-refractivity contribution >= 4 is 27.5 Å². The molecule has 1 N–H and O–H groups in total. The minimum Gasteiger partial charge on any atom is -0.454 e. The first-order chi connectivity index (χ1) is 16.1. The fraction of sp³-hybridized carbons (Fsp3) is 0.435. The maximum atomic E-state index is 12.6. The molecule has 3 aromatic rings. The minimum absolute atomic E-state index is 0.132. The van der Waals surface area contributed by atoms with Gasteiger partial charge in [0, 0.05) is 45.7 Å². The molecule has 9 nitrogen and oxygen atoms in total. The number of nitrogens with one attached hydrogen (secondary N) is 1. The number of thiophene rings is 1. The summed E-state index contributed by atoms with van der Waals surface area (Å²) in [5.41, 5.74) is 1.11. The molecule has 33 heavy (non-hydrogen) atoms. The van der Waals surface area contributed by atoms with Crippen molar-refractivity contribution in [1.29, 1.82) is 0 Å². The van der Waals surface area contributed by atoms with Gasteiger partial charge >= 0.3 is 5.69 Å². The third kappa shape index (κ3) is 4.67. The van der Waals surface area contributed by atoms with Crippen molar-refractivity contribution in [2.75, 3.05) is 33.0 Å². The summed E-state index contributed by atoms with van der Waals surface area (Å²) in [6.07, 6.45) is 1.68. The highest BCUT2D eigenvalue weighted by molar-refractivity contribution is 7.17. The van der Waals surface area contributed by atoms with Crippen LogP contribution in [0.15, 0.2) is 39.2 Å². The molecule has 0 unspecified atom stereocenters. The van der Waals surface area contributed by atoms with E-state index in [2.05, 4.69) is 16.0 Å². The van der Waals surface area contributed by atoms with E-state index in [0.717, 1.165) is 31.1 Å². The Hall–Kier alpha value is -3.11. The number of aromatic nitrogens is 2. The number of aromatic amines is 1. The molecule has 4 heterocycles. The van der Waals surface area contributed by atoms with Crippen LogP contribution in [0.5, 0.6) is 11.5 Å². The maximum absolute atomic E-state index is 12.6. The van der Waals surface area contributed by atoms with Gasteiger partial charge in [-0.1, -0.05) is 6.07 Å². The van der Waals surface area contributed by atoms with Gasteiger partial charge in [0.05, 0.1) is 5.52 Å². The lowest BCUT2D eigenvalue weighted by Crippen LogP contribution is -2.48. The predicted octanol–water partition coefficient (Wildman–Crippen LogP) is 1.99.